The molecule has 0 aromatic rings. The van der Waals surface area contributed by atoms with E-state index in [1.54, 1.807) is 0 Å². The largest absolute Gasteiger partial charge is 0.352 e. The van der Waals surface area contributed by atoms with Crippen LogP contribution in [-0.4, -0.2) is 73.0 Å². The van der Waals surface area contributed by atoms with Crippen LogP contribution >= 0.6 is 0 Å². The van der Waals surface area contributed by atoms with E-state index < -0.39 is 0 Å². The zero-order valence-electron chi connectivity index (χ0n) is 19.4. The Bertz CT molecular complexity index is 641. The van der Waals surface area contributed by atoms with Crippen molar-refractivity contribution < 1.29 is 9.59 Å². The molecular weight excluding hydrogens is 376 g/mol. The van der Waals surface area contributed by atoms with Crippen LogP contribution in [0.2, 0.25) is 0 Å². The van der Waals surface area contributed by atoms with Crippen molar-refractivity contribution in [1.82, 2.24) is 20.4 Å². The minimum absolute atomic E-state index is 0.0332. The van der Waals surface area contributed by atoms with Gasteiger partial charge in [0, 0.05) is 37.6 Å². The van der Waals surface area contributed by atoms with Gasteiger partial charge in [-0.1, -0.05) is 13.8 Å². The maximum Gasteiger partial charge on any atom is 0.237 e. The highest BCUT2D eigenvalue weighted by molar-refractivity contribution is 5.82. The zero-order chi connectivity index (χ0) is 21.4. The number of carbonyl (C=O) groups is 2. The molecule has 0 aromatic heterocycles. The first-order chi connectivity index (χ1) is 14.4. The summed E-state index contributed by atoms with van der Waals surface area (Å²) in [6, 6.07) is 1.19. The summed E-state index contributed by atoms with van der Waals surface area (Å²) < 4.78 is 0. The Morgan fingerprint density at radius 1 is 1.17 bits per heavy atom. The van der Waals surface area contributed by atoms with Crippen molar-refractivity contribution in [2.75, 3.05) is 27.2 Å². The second-order valence-corrected chi connectivity index (χ2v) is 10.7. The second kappa shape index (κ2) is 9.15. The average molecular weight is 419 g/mol. The fourth-order valence-electron chi connectivity index (χ4n) is 6.84. The molecular formula is C24H42N4O2. The van der Waals surface area contributed by atoms with Crippen LogP contribution in [0.25, 0.3) is 0 Å². The van der Waals surface area contributed by atoms with E-state index in [4.69, 9.17) is 0 Å². The van der Waals surface area contributed by atoms with E-state index in [1.807, 2.05) is 7.05 Å². The van der Waals surface area contributed by atoms with Gasteiger partial charge in [-0.15, -0.1) is 0 Å². The van der Waals surface area contributed by atoms with E-state index in [2.05, 4.69) is 41.3 Å². The number of fused-ring (bicyclic) bond motifs is 1. The normalized spacial score (nSPS) is 42.8. The lowest BCUT2D eigenvalue weighted by Crippen LogP contribution is -2.60. The summed E-state index contributed by atoms with van der Waals surface area (Å²) in [4.78, 5) is 30.5. The predicted octanol–water partition coefficient (Wildman–Crippen LogP) is 2.24. The van der Waals surface area contributed by atoms with E-state index in [0.717, 1.165) is 64.5 Å². The topological polar surface area (TPSA) is 64.7 Å². The highest BCUT2D eigenvalue weighted by atomic mass is 16.2. The third-order valence-electron chi connectivity index (χ3n) is 8.90. The Hall–Kier alpha value is -1.14. The number of hydrogen-bond acceptors (Lipinski definition) is 4. The summed E-state index contributed by atoms with van der Waals surface area (Å²) in [5, 5.41) is 7.07. The molecule has 0 radical (unpaired) electrons. The van der Waals surface area contributed by atoms with Gasteiger partial charge in [-0.05, 0) is 82.7 Å². The summed E-state index contributed by atoms with van der Waals surface area (Å²) in [6.45, 7) is 6.60. The predicted molar refractivity (Wildman–Crippen MR) is 119 cm³/mol. The maximum absolute atomic E-state index is 13.4. The molecule has 2 amide bonds. The molecule has 4 rings (SSSR count). The Kier molecular flexibility index (Phi) is 6.73. The molecule has 8 atom stereocenters. The van der Waals surface area contributed by atoms with Gasteiger partial charge in [-0.2, -0.15) is 0 Å². The fourth-order valence-corrected chi connectivity index (χ4v) is 6.84. The molecule has 3 aliphatic heterocycles. The average Bonchev–Trinajstić information content (AvgIpc) is 3.18. The quantitative estimate of drug-likeness (QED) is 0.735. The lowest BCUT2D eigenvalue weighted by Gasteiger charge is -2.50. The van der Waals surface area contributed by atoms with Crippen LogP contribution in [0.1, 0.15) is 65.2 Å². The third-order valence-corrected chi connectivity index (χ3v) is 8.90. The van der Waals surface area contributed by atoms with Gasteiger partial charge in [0.15, 0.2) is 0 Å². The molecule has 6 heteroatoms. The van der Waals surface area contributed by atoms with Gasteiger partial charge in [0.25, 0.3) is 0 Å². The first-order valence-corrected chi connectivity index (χ1v) is 12.4. The van der Waals surface area contributed by atoms with Crippen LogP contribution in [-0.2, 0) is 9.59 Å². The number of carbonyl (C=O) groups excluding carboxylic acids is 2. The van der Waals surface area contributed by atoms with E-state index in [1.165, 1.54) is 0 Å². The van der Waals surface area contributed by atoms with Gasteiger partial charge in [0.2, 0.25) is 11.8 Å². The van der Waals surface area contributed by atoms with Crippen LogP contribution in [0.3, 0.4) is 0 Å². The van der Waals surface area contributed by atoms with E-state index in [-0.39, 0.29) is 23.9 Å². The third kappa shape index (κ3) is 4.27. The van der Waals surface area contributed by atoms with Crippen molar-refractivity contribution >= 4 is 11.8 Å². The van der Waals surface area contributed by atoms with E-state index >= 15 is 0 Å². The molecule has 3 heterocycles. The molecule has 3 saturated heterocycles. The standard InChI is InChI=1S/C24H42N4O2/c1-5-17-13-22-16(14-25-17)11-20(24(30)28(22)4)19-12-18(9-8-15(19)2)26-23(29)21-7-6-10-27(21)3/h15-22,25H,5-14H2,1-4H3,(H,26,29). The Labute approximate surface area is 182 Å². The Morgan fingerprint density at radius 3 is 2.67 bits per heavy atom. The fraction of sp³-hybridized carbons (Fsp3) is 0.917. The summed E-state index contributed by atoms with van der Waals surface area (Å²) in [5.74, 6) is 2.15. The molecule has 0 aromatic carbocycles. The van der Waals surface area contributed by atoms with Crippen LogP contribution < -0.4 is 10.6 Å². The molecule has 30 heavy (non-hydrogen) atoms. The molecule has 4 aliphatic rings. The molecule has 6 nitrogen and oxygen atoms in total. The lowest BCUT2D eigenvalue weighted by atomic mass is 9.65. The minimum atomic E-state index is 0.0332. The molecule has 0 spiro atoms. The van der Waals surface area contributed by atoms with Crippen LogP contribution in [0.5, 0.6) is 0 Å². The SMILES string of the molecule is CCC1CC2C(CN1)CC(C1CC(NC(=O)C3CCCN3C)CCC1C)C(=O)N2C. The van der Waals surface area contributed by atoms with Crippen LogP contribution in [0, 0.1) is 23.7 Å². The molecule has 170 valence electrons. The van der Waals surface area contributed by atoms with Crippen molar-refractivity contribution in [3.63, 3.8) is 0 Å². The first-order valence-electron chi connectivity index (χ1n) is 12.4. The number of amides is 2. The number of hydrogen-bond donors (Lipinski definition) is 2. The van der Waals surface area contributed by atoms with Gasteiger partial charge in [-0.3, -0.25) is 14.5 Å². The Balaban J connectivity index is 1.41. The van der Waals surface area contributed by atoms with Crippen molar-refractivity contribution in [1.29, 1.82) is 0 Å². The lowest BCUT2D eigenvalue weighted by molar-refractivity contribution is -0.148. The van der Waals surface area contributed by atoms with Gasteiger partial charge in [0.1, 0.15) is 0 Å². The maximum atomic E-state index is 13.4. The van der Waals surface area contributed by atoms with Gasteiger partial charge >= 0.3 is 0 Å². The van der Waals surface area contributed by atoms with Crippen molar-refractivity contribution in [3.05, 3.63) is 0 Å². The number of nitrogens with one attached hydrogen (secondary N) is 2. The first kappa shape index (κ1) is 22.1. The van der Waals surface area contributed by atoms with Crippen molar-refractivity contribution in [2.45, 2.75) is 89.4 Å². The minimum Gasteiger partial charge on any atom is -0.352 e. The van der Waals surface area contributed by atoms with Gasteiger partial charge < -0.3 is 15.5 Å². The number of piperidine rings is 2. The van der Waals surface area contributed by atoms with Crippen molar-refractivity contribution in [3.8, 4) is 0 Å². The number of rotatable bonds is 4. The molecule has 4 fully saturated rings. The second-order valence-electron chi connectivity index (χ2n) is 10.7. The number of nitrogens with zero attached hydrogens (tertiary/aromatic N) is 2. The van der Waals surface area contributed by atoms with E-state index in [9.17, 15) is 9.59 Å². The summed E-state index contributed by atoms with van der Waals surface area (Å²) in [6.07, 6.45) is 8.41. The summed E-state index contributed by atoms with van der Waals surface area (Å²) in [5.41, 5.74) is 0. The zero-order valence-corrected chi connectivity index (χ0v) is 19.4. The van der Waals surface area contributed by atoms with Crippen LogP contribution in [0.15, 0.2) is 0 Å². The smallest absolute Gasteiger partial charge is 0.237 e. The highest BCUT2D eigenvalue weighted by Crippen LogP contribution is 2.43. The highest BCUT2D eigenvalue weighted by Gasteiger charge is 2.47. The molecule has 8 unspecified atom stereocenters. The van der Waals surface area contributed by atoms with Crippen molar-refractivity contribution in [2.24, 2.45) is 23.7 Å². The number of likely N-dealkylation sites (N-methyl/N-ethyl adjacent to an activating group) is 1. The van der Waals surface area contributed by atoms with E-state index in [0.29, 0.717) is 35.7 Å². The van der Waals surface area contributed by atoms with Gasteiger partial charge in [0.05, 0.1) is 6.04 Å². The molecule has 1 saturated carbocycles. The monoisotopic (exact) mass is 418 g/mol. The summed E-state index contributed by atoms with van der Waals surface area (Å²) >= 11 is 0. The Morgan fingerprint density at radius 2 is 1.97 bits per heavy atom. The molecule has 2 N–H and O–H groups in total. The molecule has 1 aliphatic carbocycles. The number of likely N-dealkylation sites (tertiary alicyclic amines) is 2. The molecule has 0 bridgehead atoms. The van der Waals surface area contributed by atoms with Gasteiger partial charge in [-0.25, -0.2) is 0 Å². The van der Waals surface area contributed by atoms with Crippen LogP contribution in [0.4, 0.5) is 0 Å². The summed E-state index contributed by atoms with van der Waals surface area (Å²) in [7, 11) is 4.09.